The lowest BCUT2D eigenvalue weighted by Crippen LogP contribution is -2.12. The average Bonchev–Trinajstić information content (AvgIpc) is 2.95. The van der Waals surface area contributed by atoms with Crippen molar-refractivity contribution in [3.8, 4) is 0 Å². The van der Waals surface area contributed by atoms with Gasteiger partial charge in [-0.15, -0.1) is 11.3 Å². The number of nitrogens with one attached hydrogen (secondary N) is 1. The van der Waals surface area contributed by atoms with Crippen LogP contribution in [0.5, 0.6) is 0 Å². The van der Waals surface area contributed by atoms with E-state index in [4.69, 9.17) is 0 Å². The van der Waals surface area contributed by atoms with Gasteiger partial charge in [-0.2, -0.15) is 0 Å². The molecule has 3 rings (SSSR count). The van der Waals surface area contributed by atoms with Gasteiger partial charge in [0.05, 0.1) is 26.3 Å². The van der Waals surface area contributed by atoms with Crippen LogP contribution >= 0.6 is 11.3 Å². The maximum atomic E-state index is 12.4. The van der Waals surface area contributed by atoms with Gasteiger partial charge in [0, 0.05) is 0 Å². The summed E-state index contributed by atoms with van der Waals surface area (Å²) in [6.07, 6.45) is 2.00. The van der Waals surface area contributed by atoms with Gasteiger partial charge in [0.25, 0.3) is 10.0 Å². The predicted molar refractivity (Wildman–Crippen MR) is 90.9 cm³/mol. The van der Waals surface area contributed by atoms with Crippen molar-refractivity contribution in [3.63, 3.8) is 0 Å². The third-order valence-corrected chi connectivity index (χ3v) is 5.54. The van der Waals surface area contributed by atoms with Gasteiger partial charge in [-0.05, 0) is 42.3 Å². The Morgan fingerprint density at radius 3 is 2.64 bits per heavy atom. The van der Waals surface area contributed by atoms with Crippen LogP contribution in [-0.2, 0) is 16.4 Å². The number of nitrogens with zero attached hydrogens (tertiary/aromatic N) is 1. The Bertz CT molecular complexity index is 884. The van der Waals surface area contributed by atoms with Gasteiger partial charge in [0.2, 0.25) is 0 Å². The number of benzene rings is 2. The minimum atomic E-state index is -3.56. The van der Waals surface area contributed by atoms with Crippen molar-refractivity contribution < 1.29 is 8.42 Å². The molecule has 0 unspecified atom stereocenters. The molecule has 0 fully saturated rings. The number of sulfonamides is 1. The summed E-state index contributed by atoms with van der Waals surface area (Å²) in [6, 6.07) is 12.4. The zero-order valence-corrected chi connectivity index (χ0v) is 13.7. The number of hydrogen-bond donors (Lipinski definition) is 1. The molecule has 3 aromatic rings. The number of anilines is 1. The van der Waals surface area contributed by atoms with Crippen molar-refractivity contribution in [1.29, 1.82) is 0 Å². The second-order valence-corrected chi connectivity index (χ2v) is 7.60. The fraction of sp³-hybridized carbons (Fsp3) is 0.188. The van der Waals surface area contributed by atoms with Crippen molar-refractivity contribution in [2.75, 3.05) is 4.72 Å². The summed E-state index contributed by atoms with van der Waals surface area (Å²) < 4.78 is 28.4. The Labute approximate surface area is 133 Å². The van der Waals surface area contributed by atoms with Crippen LogP contribution in [0.25, 0.3) is 10.2 Å². The lowest BCUT2D eigenvalue weighted by atomic mass is 10.1. The Balaban J connectivity index is 1.85. The average molecular weight is 332 g/mol. The third kappa shape index (κ3) is 3.13. The van der Waals surface area contributed by atoms with Crippen LogP contribution in [0.3, 0.4) is 0 Å². The van der Waals surface area contributed by atoms with E-state index in [2.05, 4.69) is 16.6 Å². The highest BCUT2D eigenvalue weighted by atomic mass is 32.2. The van der Waals surface area contributed by atoms with Crippen LogP contribution in [0.1, 0.15) is 18.9 Å². The van der Waals surface area contributed by atoms with Gasteiger partial charge in [-0.25, -0.2) is 13.4 Å². The lowest BCUT2D eigenvalue weighted by molar-refractivity contribution is 0.601. The molecule has 114 valence electrons. The Morgan fingerprint density at radius 1 is 1.14 bits per heavy atom. The molecular weight excluding hydrogens is 316 g/mol. The molecule has 1 N–H and O–H groups in total. The number of aryl methyl sites for hydroxylation is 1. The summed E-state index contributed by atoms with van der Waals surface area (Å²) >= 11 is 1.48. The van der Waals surface area contributed by atoms with Crippen molar-refractivity contribution in [1.82, 2.24) is 4.98 Å². The summed E-state index contributed by atoms with van der Waals surface area (Å²) in [7, 11) is -3.56. The molecule has 0 aliphatic carbocycles. The van der Waals surface area contributed by atoms with Gasteiger partial charge in [-0.1, -0.05) is 25.5 Å². The van der Waals surface area contributed by atoms with Gasteiger partial charge in [-0.3, -0.25) is 4.72 Å². The van der Waals surface area contributed by atoms with Gasteiger partial charge < -0.3 is 0 Å². The van der Waals surface area contributed by atoms with Crippen molar-refractivity contribution in [3.05, 3.63) is 53.5 Å². The molecule has 0 aliphatic rings. The summed E-state index contributed by atoms with van der Waals surface area (Å²) in [5.41, 5.74) is 4.31. The smallest absolute Gasteiger partial charge is 0.261 e. The van der Waals surface area contributed by atoms with Crippen molar-refractivity contribution in [2.45, 2.75) is 24.7 Å². The molecule has 0 atom stereocenters. The summed E-state index contributed by atoms with van der Waals surface area (Å²) in [4.78, 5) is 4.46. The van der Waals surface area contributed by atoms with Gasteiger partial charge in [0.1, 0.15) is 0 Å². The Morgan fingerprint density at radius 2 is 1.91 bits per heavy atom. The van der Waals surface area contributed by atoms with E-state index in [9.17, 15) is 8.42 Å². The maximum absolute atomic E-state index is 12.4. The van der Waals surface area contributed by atoms with E-state index in [1.54, 1.807) is 29.8 Å². The zero-order chi connectivity index (χ0) is 15.6. The summed E-state index contributed by atoms with van der Waals surface area (Å²) in [6.45, 7) is 2.10. The van der Waals surface area contributed by atoms with E-state index in [1.807, 2.05) is 18.2 Å². The second-order valence-electron chi connectivity index (χ2n) is 5.03. The standard InChI is InChI=1S/C16H16N2O2S2/c1-2-3-12-4-7-14(8-5-12)22(19,20)18-13-6-9-15-16(10-13)21-11-17-15/h4-11,18H,2-3H2,1H3. The Kier molecular flexibility index (Phi) is 4.13. The highest BCUT2D eigenvalue weighted by molar-refractivity contribution is 7.92. The SMILES string of the molecule is CCCc1ccc(S(=O)(=O)Nc2ccc3ncsc3c2)cc1. The van der Waals surface area contributed by atoms with E-state index < -0.39 is 10.0 Å². The molecular formula is C16H16N2O2S2. The van der Waals surface area contributed by atoms with E-state index in [0.717, 1.165) is 28.6 Å². The first kappa shape index (κ1) is 15.0. The van der Waals surface area contributed by atoms with Crippen LogP contribution in [0.4, 0.5) is 5.69 Å². The van der Waals surface area contributed by atoms with Crippen LogP contribution in [0.15, 0.2) is 52.9 Å². The molecule has 1 aromatic heterocycles. The van der Waals surface area contributed by atoms with E-state index in [1.165, 1.54) is 11.3 Å². The molecule has 0 amide bonds. The largest absolute Gasteiger partial charge is 0.280 e. The molecule has 1 heterocycles. The second kappa shape index (κ2) is 6.06. The predicted octanol–water partition coefficient (Wildman–Crippen LogP) is 4.05. The summed E-state index contributed by atoms with van der Waals surface area (Å²) in [5.74, 6) is 0. The fourth-order valence-corrected chi connectivity index (χ4v) is 4.02. The number of hydrogen-bond acceptors (Lipinski definition) is 4. The topological polar surface area (TPSA) is 59.1 Å². The maximum Gasteiger partial charge on any atom is 0.261 e. The first-order valence-electron chi connectivity index (χ1n) is 7.03. The monoisotopic (exact) mass is 332 g/mol. The molecule has 0 aliphatic heterocycles. The molecule has 6 heteroatoms. The summed E-state index contributed by atoms with van der Waals surface area (Å²) in [5, 5.41) is 0. The van der Waals surface area contributed by atoms with Crippen molar-refractivity contribution >= 4 is 37.3 Å². The molecule has 0 spiro atoms. The van der Waals surface area contributed by atoms with Crippen LogP contribution < -0.4 is 4.72 Å². The molecule has 4 nitrogen and oxygen atoms in total. The minimum Gasteiger partial charge on any atom is -0.280 e. The molecule has 0 saturated carbocycles. The molecule has 22 heavy (non-hydrogen) atoms. The van der Waals surface area contributed by atoms with E-state index >= 15 is 0 Å². The van der Waals surface area contributed by atoms with Crippen LogP contribution in [-0.4, -0.2) is 13.4 Å². The zero-order valence-electron chi connectivity index (χ0n) is 12.1. The van der Waals surface area contributed by atoms with Crippen LogP contribution in [0, 0.1) is 0 Å². The molecule has 0 bridgehead atoms. The lowest BCUT2D eigenvalue weighted by Gasteiger charge is -2.08. The number of rotatable bonds is 5. The van der Waals surface area contributed by atoms with Gasteiger partial charge >= 0.3 is 0 Å². The number of fused-ring (bicyclic) bond motifs is 1. The molecule has 0 radical (unpaired) electrons. The van der Waals surface area contributed by atoms with E-state index in [0.29, 0.717) is 5.69 Å². The van der Waals surface area contributed by atoms with Crippen LogP contribution in [0.2, 0.25) is 0 Å². The Hall–Kier alpha value is -1.92. The molecule has 0 saturated heterocycles. The molecule has 2 aromatic carbocycles. The third-order valence-electron chi connectivity index (χ3n) is 3.36. The first-order chi connectivity index (χ1) is 10.6. The van der Waals surface area contributed by atoms with Gasteiger partial charge in [0.15, 0.2) is 0 Å². The normalized spacial score (nSPS) is 11.7. The first-order valence-corrected chi connectivity index (χ1v) is 9.40. The highest BCUT2D eigenvalue weighted by Crippen LogP contribution is 2.24. The fourth-order valence-electron chi connectivity index (χ4n) is 2.26. The van der Waals surface area contributed by atoms with E-state index in [-0.39, 0.29) is 4.90 Å². The van der Waals surface area contributed by atoms with Crippen molar-refractivity contribution in [2.24, 2.45) is 0 Å². The number of thiazole rings is 1. The number of aromatic nitrogens is 1. The quantitative estimate of drug-likeness (QED) is 0.767. The highest BCUT2D eigenvalue weighted by Gasteiger charge is 2.14. The minimum absolute atomic E-state index is 0.275.